The monoisotopic (exact) mass is 291 g/mol. The van der Waals surface area contributed by atoms with Crippen LogP contribution >= 0.6 is 0 Å². The fourth-order valence-electron chi connectivity index (χ4n) is 1.98. The van der Waals surface area contributed by atoms with Crippen molar-refractivity contribution in [2.75, 3.05) is 13.2 Å². The molecule has 0 aliphatic rings. The molecule has 0 radical (unpaired) electrons. The van der Waals surface area contributed by atoms with Gasteiger partial charge in [0, 0.05) is 19.4 Å². The molecule has 0 aliphatic carbocycles. The first-order chi connectivity index (χ1) is 10.2. The summed E-state index contributed by atoms with van der Waals surface area (Å²) in [6.45, 7) is 4.83. The van der Waals surface area contributed by atoms with Crippen molar-refractivity contribution in [2.45, 2.75) is 46.0 Å². The Balaban J connectivity index is 2.14. The van der Waals surface area contributed by atoms with Crippen molar-refractivity contribution in [3.8, 4) is 0 Å². The van der Waals surface area contributed by atoms with Crippen LogP contribution in [0, 0.1) is 0 Å². The minimum absolute atomic E-state index is 0.0263. The third kappa shape index (κ3) is 7.49. The zero-order chi connectivity index (χ0) is 15.5. The molecule has 0 heterocycles. The number of ether oxygens (including phenoxy) is 1. The van der Waals surface area contributed by atoms with E-state index in [1.807, 2.05) is 0 Å². The average Bonchev–Trinajstić information content (AvgIpc) is 2.50. The van der Waals surface area contributed by atoms with Crippen LogP contribution in [0.15, 0.2) is 24.3 Å². The molecule has 1 rings (SSSR count). The number of hydrogen-bond donors (Lipinski definition) is 1. The molecule has 0 saturated carbocycles. The summed E-state index contributed by atoms with van der Waals surface area (Å²) >= 11 is 0. The van der Waals surface area contributed by atoms with Gasteiger partial charge in [0.1, 0.15) is 0 Å². The van der Waals surface area contributed by atoms with Gasteiger partial charge in [-0.25, -0.2) is 0 Å². The Bertz CT molecular complexity index is 440. The van der Waals surface area contributed by atoms with Gasteiger partial charge >= 0.3 is 5.97 Å². The predicted octanol–water partition coefficient (Wildman–Crippen LogP) is 2.64. The quantitative estimate of drug-likeness (QED) is 0.562. The minimum atomic E-state index is -0.206. The van der Waals surface area contributed by atoms with Crippen molar-refractivity contribution < 1.29 is 14.3 Å². The van der Waals surface area contributed by atoms with Crippen LogP contribution < -0.4 is 5.32 Å². The largest absolute Gasteiger partial charge is 0.466 e. The second kappa shape index (κ2) is 9.97. The molecule has 0 bridgehead atoms. The topological polar surface area (TPSA) is 55.4 Å². The van der Waals surface area contributed by atoms with Gasteiger partial charge in [-0.2, -0.15) is 0 Å². The van der Waals surface area contributed by atoms with Crippen molar-refractivity contribution in [1.29, 1.82) is 0 Å². The van der Waals surface area contributed by atoms with Gasteiger partial charge in [-0.05, 0) is 37.3 Å². The molecule has 1 N–H and O–H groups in total. The molecule has 0 aliphatic heterocycles. The number of rotatable bonds is 9. The molecular weight excluding hydrogens is 266 g/mol. The van der Waals surface area contributed by atoms with Crippen LogP contribution in [-0.4, -0.2) is 25.0 Å². The highest BCUT2D eigenvalue weighted by molar-refractivity contribution is 5.76. The van der Waals surface area contributed by atoms with E-state index in [1.54, 1.807) is 6.92 Å². The average molecular weight is 291 g/mol. The highest BCUT2D eigenvalue weighted by Gasteiger charge is 2.04. The number of nitrogens with one attached hydrogen (secondary N) is 1. The third-order valence-corrected chi connectivity index (χ3v) is 3.26. The number of aryl methyl sites for hydroxylation is 2. The zero-order valence-electron chi connectivity index (χ0n) is 13.0. The second-order valence-electron chi connectivity index (χ2n) is 4.93. The summed E-state index contributed by atoms with van der Waals surface area (Å²) in [4.78, 5) is 22.8. The Hall–Kier alpha value is -1.84. The Morgan fingerprint density at radius 1 is 1.05 bits per heavy atom. The Morgan fingerprint density at radius 3 is 2.33 bits per heavy atom. The summed E-state index contributed by atoms with van der Waals surface area (Å²) in [6.07, 6.45) is 3.22. The van der Waals surface area contributed by atoms with E-state index in [4.69, 9.17) is 4.74 Å². The van der Waals surface area contributed by atoms with Crippen LogP contribution in [-0.2, 0) is 27.2 Å². The molecule has 4 nitrogen and oxygen atoms in total. The summed E-state index contributed by atoms with van der Waals surface area (Å²) in [6, 6.07) is 8.36. The lowest BCUT2D eigenvalue weighted by Crippen LogP contribution is -2.25. The number of esters is 1. The first-order valence-corrected chi connectivity index (χ1v) is 7.65. The first-order valence-electron chi connectivity index (χ1n) is 7.65. The van der Waals surface area contributed by atoms with Gasteiger partial charge in [-0.1, -0.05) is 31.2 Å². The van der Waals surface area contributed by atoms with E-state index in [-0.39, 0.29) is 11.9 Å². The lowest BCUT2D eigenvalue weighted by Gasteiger charge is -2.06. The smallest absolute Gasteiger partial charge is 0.305 e. The molecular formula is C17H25NO3. The van der Waals surface area contributed by atoms with Crippen LogP contribution in [0.2, 0.25) is 0 Å². The van der Waals surface area contributed by atoms with Crippen molar-refractivity contribution in [1.82, 2.24) is 5.32 Å². The van der Waals surface area contributed by atoms with Gasteiger partial charge in [0.05, 0.1) is 6.61 Å². The molecule has 1 amide bonds. The molecule has 0 fully saturated rings. The molecule has 0 atom stereocenters. The fraction of sp³-hybridized carbons (Fsp3) is 0.529. The first kappa shape index (κ1) is 17.2. The molecule has 0 saturated heterocycles. The van der Waals surface area contributed by atoms with Crippen molar-refractivity contribution in [3.05, 3.63) is 35.4 Å². The SMILES string of the molecule is CCOC(=O)CCCNC(=O)CCc1ccc(CC)cc1. The summed E-state index contributed by atoms with van der Waals surface area (Å²) in [5.74, 6) is -0.179. The van der Waals surface area contributed by atoms with Gasteiger partial charge in [0.25, 0.3) is 0 Å². The van der Waals surface area contributed by atoms with Crippen molar-refractivity contribution >= 4 is 11.9 Å². The Kier molecular flexibility index (Phi) is 8.17. The standard InChI is InChI=1S/C17H25NO3/c1-3-14-7-9-15(10-8-14)11-12-16(19)18-13-5-6-17(20)21-4-2/h7-10H,3-6,11-13H2,1-2H3,(H,18,19). The second-order valence-corrected chi connectivity index (χ2v) is 4.93. The summed E-state index contributed by atoms with van der Waals surface area (Å²) in [5, 5.41) is 2.83. The van der Waals surface area contributed by atoms with E-state index in [9.17, 15) is 9.59 Å². The van der Waals surface area contributed by atoms with Crippen LogP contribution in [0.25, 0.3) is 0 Å². The van der Waals surface area contributed by atoms with Gasteiger partial charge in [-0.15, -0.1) is 0 Å². The van der Waals surface area contributed by atoms with Gasteiger partial charge in [0.2, 0.25) is 5.91 Å². The number of benzene rings is 1. The lowest BCUT2D eigenvalue weighted by atomic mass is 10.1. The molecule has 4 heteroatoms. The highest BCUT2D eigenvalue weighted by Crippen LogP contribution is 2.07. The van der Waals surface area contributed by atoms with Crippen molar-refractivity contribution in [2.24, 2.45) is 0 Å². The molecule has 1 aromatic carbocycles. The lowest BCUT2D eigenvalue weighted by molar-refractivity contribution is -0.143. The number of hydrogen-bond acceptors (Lipinski definition) is 3. The van der Waals surface area contributed by atoms with E-state index < -0.39 is 0 Å². The van der Waals surface area contributed by atoms with E-state index in [0.717, 1.165) is 12.8 Å². The normalized spacial score (nSPS) is 10.2. The Morgan fingerprint density at radius 2 is 1.71 bits per heavy atom. The summed E-state index contributed by atoms with van der Waals surface area (Å²) < 4.78 is 4.82. The number of carbonyl (C=O) groups excluding carboxylic acids is 2. The van der Waals surface area contributed by atoms with Crippen molar-refractivity contribution in [3.63, 3.8) is 0 Å². The van der Waals surface area contributed by atoms with Crippen LogP contribution in [0.4, 0.5) is 0 Å². The Labute approximate surface area is 126 Å². The zero-order valence-corrected chi connectivity index (χ0v) is 13.0. The van der Waals surface area contributed by atoms with Gasteiger partial charge in [-0.3, -0.25) is 9.59 Å². The maximum Gasteiger partial charge on any atom is 0.305 e. The fourth-order valence-corrected chi connectivity index (χ4v) is 1.98. The van der Waals surface area contributed by atoms with E-state index in [1.165, 1.54) is 11.1 Å². The molecule has 0 spiro atoms. The maximum atomic E-state index is 11.7. The predicted molar refractivity (Wildman–Crippen MR) is 83.0 cm³/mol. The molecule has 116 valence electrons. The molecule has 21 heavy (non-hydrogen) atoms. The van der Waals surface area contributed by atoms with Crippen LogP contribution in [0.3, 0.4) is 0 Å². The minimum Gasteiger partial charge on any atom is -0.466 e. The summed E-state index contributed by atoms with van der Waals surface area (Å²) in [5.41, 5.74) is 2.48. The molecule has 1 aromatic rings. The van der Waals surface area contributed by atoms with Gasteiger partial charge < -0.3 is 10.1 Å². The van der Waals surface area contributed by atoms with Crippen LogP contribution in [0.5, 0.6) is 0 Å². The van der Waals surface area contributed by atoms with E-state index >= 15 is 0 Å². The van der Waals surface area contributed by atoms with Crippen LogP contribution in [0.1, 0.15) is 44.2 Å². The molecule has 0 unspecified atom stereocenters. The molecule has 0 aromatic heterocycles. The highest BCUT2D eigenvalue weighted by atomic mass is 16.5. The van der Waals surface area contributed by atoms with E-state index in [0.29, 0.717) is 32.4 Å². The maximum absolute atomic E-state index is 11.7. The third-order valence-electron chi connectivity index (χ3n) is 3.26. The van der Waals surface area contributed by atoms with E-state index in [2.05, 4.69) is 36.5 Å². The number of carbonyl (C=O) groups is 2. The number of amides is 1. The van der Waals surface area contributed by atoms with Gasteiger partial charge in [0.15, 0.2) is 0 Å². The summed E-state index contributed by atoms with van der Waals surface area (Å²) in [7, 11) is 0.